The van der Waals surface area contributed by atoms with Gasteiger partial charge in [0, 0.05) is 16.4 Å². The van der Waals surface area contributed by atoms with E-state index in [-0.39, 0.29) is 10.8 Å². The Labute approximate surface area is 490 Å². The molecule has 420 valence electrons. The van der Waals surface area contributed by atoms with Crippen molar-refractivity contribution >= 4 is 34.1 Å². The van der Waals surface area contributed by atoms with Crippen LogP contribution in [0, 0.1) is 0 Å². The number of ether oxygens (including phenoxy) is 1. The van der Waals surface area contributed by atoms with Crippen LogP contribution in [0.4, 0.5) is 0 Å². The Morgan fingerprint density at radius 1 is 0.420 bits per heavy atom. The molecule has 0 spiro atoms. The van der Waals surface area contributed by atoms with Crippen molar-refractivity contribution in [2.75, 3.05) is 0 Å². The van der Waals surface area contributed by atoms with Crippen molar-refractivity contribution in [1.82, 2.24) is 4.98 Å². The predicted molar refractivity (Wildman–Crippen MR) is 346 cm³/mol. The van der Waals surface area contributed by atoms with E-state index in [2.05, 4.69) is 201 Å². The molecular formula is C75H88BNO3S. The normalized spacial score (nSPS) is 15.9. The Kier molecular flexibility index (Phi) is 17.3. The van der Waals surface area contributed by atoms with Gasteiger partial charge in [0.05, 0.1) is 27.0 Å². The predicted octanol–water partition coefficient (Wildman–Crippen LogP) is 21.8. The average molecular weight is 1090 g/mol. The maximum Gasteiger partial charge on any atom is 0.494 e. The minimum absolute atomic E-state index is 0.0138. The van der Waals surface area contributed by atoms with Gasteiger partial charge in [0.15, 0.2) is 0 Å². The lowest BCUT2D eigenvalue weighted by atomic mass is 9.70. The first kappa shape index (κ1) is 57.0. The van der Waals surface area contributed by atoms with E-state index in [4.69, 9.17) is 19.0 Å². The van der Waals surface area contributed by atoms with Gasteiger partial charge in [-0.15, -0.1) is 11.3 Å². The number of hydrogen-bond acceptors (Lipinski definition) is 5. The molecule has 8 aromatic rings. The Morgan fingerprint density at radius 2 is 0.864 bits per heavy atom. The van der Waals surface area contributed by atoms with Crippen molar-refractivity contribution in [3.8, 4) is 66.6 Å². The molecule has 2 heterocycles. The van der Waals surface area contributed by atoms with E-state index in [1.807, 2.05) is 0 Å². The molecule has 1 saturated heterocycles. The van der Waals surface area contributed by atoms with Crippen LogP contribution in [0.25, 0.3) is 65.3 Å². The van der Waals surface area contributed by atoms with Crippen LogP contribution in [0.2, 0.25) is 0 Å². The third-order valence-corrected chi connectivity index (χ3v) is 20.3. The molecule has 0 amide bonds. The second kappa shape index (κ2) is 24.6. The van der Waals surface area contributed by atoms with Gasteiger partial charge in [-0.2, -0.15) is 0 Å². The maximum atomic E-state index is 7.46. The lowest BCUT2D eigenvalue weighted by Crippen LogP contribution is -2.41. The summed E-state index contributed by atoms with van der Waals surface area (Å²) in [6.07, 6.45) is 25.0. The van der Waals surface area contributed by atoms with Gasteiger partial charge in [-0.05, 0) is 169 Å². The summed E-state index contributed by atoms with van der Waals surface area (Å²) in [6.45, 7) is 17.8. The first-order valence-electron chi connectivity index (χ1n) is 31.6. The van der Waals surface area contributed by atoms with Crippen LogP contribution >= 0.6 is 11.3 Å². The Bertz CT molecular complexity index is 3390. The number of para-hydroxylation sites is 1. The van der Waals surface area contributed by atoms with Crippen LogP contribution in [0.5, 0.6) is 11.5 Å². The number of rotatable bonds is 26. The van der Waals surface area contributed by atoms with Gasteiger partial charge in [0.2, 0.25) is 0 Å². The number of thiazole rings is 1. The van der Waals surface area contributed by atoms with Crippen LogP contribution in [0.3, 0.4) is 0 Å². The largest absolute Gasteiger partial charge is 0.494 e. The fourth-order valence-electron chi connectivity index (χ4n) is 14.1. The molecule has 1 aromatic heterocycles. The van der Waals surface area contributed by atoms with Crippen molar-refractivity contribution in [2.24, 2.45) is 0 Å². The SMILES string of the molecule is CCCCCCC1(CCCCCC)c2ccccc2-c2cc(-c3cc(-c4ccc5c(c4)-c4ccccc4C5(CCCCCC)CCCCCC)c(Oc4ccc(B5OC(C)(C)C(C)(C)O5)cc4)c(-c4nc5ccccc5s4)c3)ccc21. The molecule has 1 aliphatic heterocycles. The second-order valence-electron chi connectivity index (χ2n) is 25.2. The summed E-state index contributed by atoms with van der Waals surface area (Å²) in [7, 11) is -0.469. The number of fused-ring (bicyclic) bond motifs is 7. The van der Waals surface area contributed by atoms with Crippen molar-refractivity contribution in [1.29, 1.82) is 0 Å². The fourth-order valence-corrected chi connectivity index (χ4v) is 15.1. The van der Waals surface area contributed by atoms with Gasteiger partial charge >= 0.3 is 7.12 Å². The van der Waals surface area contributed by atoms with E-state index in [0.29, 0.717) is 0 Å². The van der Waals surface area contributed by atoms with Gasteiger partial charge in [0.1, 0.15) is 16.5 Å². The summed E-state index contributed by atoms with van der Waals surface area (Å²) < 4.78 is 21.7. The van der Waals surface area contributed by atoms with E-state index in [9.17, 15) is 0 Å². The highest BCUT2D eigenvalue weighted by molar-refractivity contribution is 7.21. The highest BCUT2D eigenvalue weighted by Crippen LogP contribution is 2.58. The molecule has 7 aromatic carbocycles. The molecule has 0 saturated carbocycles. The molecule has 0 unspecified atom stereocenters. The minimum atomic E-state index is -0.469. The lowest BCUT2D eigenvalue weighted by Gasteiger charge is -2.33. The molecule has 81 heavy (non-hydrogen) atoms. The zero-order valence-corrected chi connectivity index (χ0v) is 51.0. The van der Waals surface area contributed by atoms with E-state index < -0.39 is 18.3 Å². The Balaban J connectivity index is 1.10. The monoisotopic (exact) mass is 1090 g/mol. The van der Waals surface area contributed by atoms with Crippen molar-refractivity contribution in [3.05, 3.63) is 168 Å². The van der Waals surface area contributed by atoms with E-state index in [1.54, 1.807) is 11.3 Å². The third-order valence-electron chi connectivity index (χ3n) is 19.2. The molecular weight excluding hydrogens is 1010 g/mol. The summed E-state index contributed by atoms with van der Waals surface area (Å²) in [5, 5.41) is 0.942. The maximum absolute atomic E-state index is 7.46. The summed E-state index contributed by atoms with van der Waals surface area (Å²) in [4.78, 5) is 5.43. The highest BCUT2D eigenvalue weighted by Gasteiger charge is 2.52. The number of aromatic nitrogens is 1. The summed E-state index contributed by atoms with van der Waals surface area (Å²) in [6, 6.07) is 55.5. The molecule has 0 atom stereocenters. The molecule has 3 aliphatic rings. The van der Waals surface area contributed by atoms with Gasteiger partial charge in [0.25, 0.3) is 0 Å². The van der Waals surface area contributed by atoms with E-state index in [0.717, 1.165) is 54.4 Å². The average Bonchev–Trinajstić information content (AvgIpc) is 4.35. The third kappa shape index (κ3) is 11.2. The topological polar surface area (TPSA) is 40.6 Å². The van der Waals surface area contributed by atoms with Gasteiger partial charge in [-0.3, -0.25) is 0 Å². The molecule has 6 heteroatoms. The molecule has 0 radical (unpaired) electrons. The number of unbranched alkanes of at least 4 members (excludes halogenated alkanes) is 12. The first-order valence-corrected chi connectivity index (χ1v) is 32.4. The zero-order chi connectivity index (χ0) is 56.2. The van der Waals surface area contributed by atoms with Gasteiger partial charge in [-0.25, -0.2) is 4.98 Å². The number of benzene rings is 7. The Morgan fingerprint density at radius 3 is 1.38 bits per heavy atom. The molecule has 11 rings (SSSR count). The summed E-state index contributed by atoms with van der Waals surface area (Å²) in [5.74, 6) is 1.56. The first-order chi connectivity index (χ1) is 39.4. The van der Waals surface area contributed by atoms with Crippen LogP contribution < -0.4 is 10.2 Å². The van der Waals surface area contributed by atoms with Crippen LogP contribution in [0.15, 0.2) is 146 Å². The quantitative estimate of drug-likeness (QED) is 0.0400. The van der Waals surface area contributed by atoms with Crippen molar-refractivity contribution < 1.29 is 14.0 Å². The van der Waals surface area contributed by atoms with Crippen molar-refractivity contribution in [3.63, 3.8) is 0 Å². The van der Waals surface area contributed by atoms with Gasteiger partial charge < -0.3 is 14.0 Å². The fraction of sp³-hybridized carbons (Fsp3) is 0.427. The van der Waals surface area contributed by atoms with Crippen LogP contribution in [0.1, 0.15) is 206 Å². The van der Waals surface area contributed by atoms with Gasteiger partial charge in [-0.1, -0.05) is 227 Å². The van der Waals surface area contributed by atoms with Crippen LogP contribution in [-0.4, -0.2) is 23.3 Å². The Hall–Kier alpha value is -5.79. The van der Waals surface area contributed by atoms with Crippen LogP contribution in [-0.2, 0) is 20.1 Å². The molecule has 0 bridgehead atoms. The second-order valence-corrected chi connectivity index (χ2v) is 26.2. The number of hydrogen-bond donors (Lipinski definition) is 0. The molecule has 2 aliphatic carbocycles. The standard InChI is InChI=1S/C75H88BNO3S/c1-9-13-17-27-45-74(46-28-18-14-10-2)64-33-23-21-31-58(64)61-49-53(37-43-66(61)74)55-51-60(54-38-44-67-62(50-54)59-32-22-24-34-65(59)75(67,47-29-19-15-11-3)48-30-20-16-12-4)70(63(52-55)71-77-68-35-25-26-36-69(68)81-71)78-57-41-39-56(40-42-57)76-79-72(5,6)73(7,8)80-76/h21-26,31-44,49-52H,9-20,27-30,45-48H2,1-8H3. The molecule has 1 fully saturated rings. The van der Waals surface area contributed by atoms with E-state index >= 15 is 0 Å². The lowest BCUT2D eigenvalue weighted by molar-refractivity contribution is 0.00578. The van der Waals surface area contributed by atoms with E-state index in [1.165, 1.54) is 178 Å². The minimum Gasteiger partial charge on any atom is -0.456 e. The molecule has 4 nitrogen and oxygen atoms in total. The van der Waals surface area contributed by atoms with Crippen molar-refractivity contribution in [2.45, 2.75) is 206 Å². The number of nitrogens with zero attached hydrogens (tertiary/aromatic N) is 1. The highest BCUT2D eigenvalue weighted by atomic mass is 32.1. The zero-order valence-electron chi connectivity index (χ0n) is 50.2. The summed E-state index contributed by atoms with van der Waals surface area (Å²) >= 11 is 1.74. The molecule has 0 N–H and O–H groups in total. The smallest absolute Gasteiger partial charge is 0.456 e. The summed E-state index contributed by atoms with van der Waals surface area (Å²) in [5.41, 5.74) is 18.2.